The highest BCUT2D eigenvalue weighted by Crippen LogP contribution is 2.19. The SMILES string of the molecule is COCCN(CCO)c1nc(NN)nc(N2CCCC2)n1. The quantitative estimate of drug-likeness (QED) is 0.419. The molecule has 2 rings (SSSR count). The summed E-state index contributed by atoms with van der Waals surface area (Å²) in [7, 11) is 1.63. The fourth-order valence-electron chi connectivity index (χ4n) is 2.25. The van der Waals surface area contributed by atoms with E-state index in [1.54, 1.807) is 7.11 Å². The monoisotopic (exact) mass is 297 g/mol. The average Bonchev–Trinajstić information content (AvgIpc) is 3.05. The topological polar surface area (TPSA) is 113 Å². The van der Waals surface area contributed by atoms with Crippen LogP contribution in [-0.2, 0) is 4.74 Å². The van der Waals surface area contributed by atoms with Gasteiger partial charge in [-0.05, 0) is 12.8 Å². The summed E-state index contributed by atoms with van der Waals surface area (Å²) in [5.41, 5.74) is 2.47. The number of ether oxygens (including phenoxy) is 1. The molecule has 0 bridgehead atoms. The lowest BCUT2D eigenvalue weighted by molar-refractivity contribution is 0.202. The molecule has 4 N–H and O–H groups in total. The van der Waals surface area contributed by atoms with Gasteiger partial charge in [-0.15, -0.1) is 0 Å². The number of hydrogen-bond donors (Lipinski definition) is 3. The Morgan fingerprint density at radius 1 is 1.29 bits per heavy atom. The van der Waals surface area contributed by atoms with Gasteiger partial charge in [-0.2, -0.15) is 15.0 Å². The highest BCUT2D eigenvalue weighted by molar-refractivity contribution is 5.45. The van der Waals surface area contributed by atoms with E-state index in [9.17, 15) is 5.11 Å². The van der Waals surface area contributed by atoms with Gasteiger partial charge < -0.3 is 19.6 Å². The first kappa shape index (κ1) is 15.7. The summed E-state index contributed by atoms with van der Waals surface area (Å²) in [6, 6.07) is 0. The molecule has 21 heavy (non-hydrogen) atoms. The van der Waals surface area contributed by atoms with Gasteiger partial charge in [0, 0.05) is 33.3 Å². The van der Waals surface area contributed by atoms with Crippen LogP contribution < -0.4 is 21.1 Å². The molecule has 0 aromatic carbocycles. The summed E-state index contributed by atoms with van der Waals surface area (Å²) in [6.07, 6.45) is 2.27. The number of nitrogens with two attached hydrogens (primary N) is 1. The molecule has 1 aliphatic rings. The molecule has 118 valence electrons. The fraction of sp³-hybridized carbons (Fsp3) is 0.750. The lowest BCUT2D eigenvalue weighted by Gasteiger charge is -2.23. The first-order valence-electron chi connectivity index (χ1n) is 7.11. The van der Waals surface area contributed by atoms with Crippen molar-refractivity contribution >= 4 is 17.8 Å². The van der Waals surface area contributed by atoms with E-state index in [0.717, 1.165) is 25.9 Å². The Morgan fingerprint density at radius 2 is 2.05 bits per heavy atom. The number of methoxy groups -OCH3 is 1. The number of aliphatic hydroxyl groups excluding tert-OH is 1. The maximum atomic E-state index is 9.20. The van der Waals surface area contributed by atoms with Crippen molar-refractivity contribution < 1.29 is 9.84 Å². The number of nitrogen functional groups attached to an aromatic ring is 1. The summed E-state index contributed by atoms with van der Waals surface area (Å²) in [5.74, 6) is 6.88. The van der Waals surface area contributed by atoms with Crippen molar-refractivity contribution in [1.82, 2.24) is 15.0 Å². The second-order valence-corrected chi connectivity index (χ2v) is 4.80. The van der Waals surface area contributed by atoms with E-state index in [4.69, 9.17) is 10.6 Å². The molecular formula is C12H23N7O2. The summed E-state index contributed by atoms with van der Waals surface area (Å²) < 4.78 is 5.08. The number of rotatable bonds is 8. The van der Waals surface area contributed by atoms with Gasteiger partial charge in [-0.3, -0.25) is 5.43 Å². The Labute approximate surface area is 124 Å². The van der Waals surface area contributed by atoms with Crippen LogP contribution in [0.25, 0.3) is 0 Å². The van der Waals surface area contributed by atoms with Gasteiger partial charge in [0.1, 0.15) is 0 Å². The first-order valence-corrected chi connectivity index (χ1v) is 7.11. The van der Waals surface area contributed by atoms with Crippen LogP contribution >= 0.6 is 0 Å². The van der Waals surface area contributed by atoms with E-state index in [1.165, 1.54) is 0 Å². The number of nitrogens with zero attached hydrogens (tertiary/aromatic N) is 5. The van der Waals surface area contributed by atoms with Crippen LogP contribution in [0, 0.1) is 0 Å². The molecule has 0 spiro atoms. The van der Waals surface area contributed by atoms with Crippen LogP contribution in [0.2, 0.25) is 0 Å². The predicted molar refractivity (Wildman–Crippen MR) is 80.3 cm³/mol. The molecule has 0 radical (unpaired) electrons. The molecule has 1 aliphatic heterocycles. The molecular weight excluding hydrogens is 274 g/mol. The highest BCUT2D eigenvalue weighted by atomic mass is 16.5. The lowest BCUT2D eigenvalue weighted by atomic mass is 10.4. The standard InChI is InChI=1S/C12H23N7O2/c1-21-9-7-19(6-8-20)12-15-10(17-13)14-11(16-12)18-4-2-3-5-18/h20H,2-9,13H2,1H3,(H,14,15,16,17). The van der Waals surface area contributed by atoms with Crippen molar-refractivity contribution in [3.05, 3.63) is 0 Å². The van der Waals surface area contributed by atoms with E-state index < -0.39 is 0 Å². The summed E-state index contributed by atoms with van der Waals surface area (Å²) in [6.45, 7) is 3.42. The molecule has 1 aromatic heterocycles. The molecule has 1 fully saturated rings. The third-order valence-electron chi connectivity index (χ3n) is 3.35. The minimum atomic E-state index is 0.0137. The van der Waals surface area contributed by atoms with Crippen LogP contribution in [0.1, 0.15) is 12.8 Å². The van der Waals surface area contributed by atoms with E-state index in [2.05, 4.69) is 25.3 Å². The third-order valence-corrected chi connectivity index (χ3v) is 3.35. The minimum absolute atomic E-state index is 0.0137. The van der Waals surface area contributed by atoms with Crippen LogP contribution in [0.4, 0.5) is 17.8 Å². The summed E-state index contributed by atoms with van der Waals surface area (Å²) in [4.78, 5) is 17.0. The van der Waals surface area contributed by atoms with Crippen LogP contribution in [0.3, 0.4) is 0 Å². The van der Waals surface area contributed by atoms with Crippen molar-refractivity contribution in [1.29, 1.82) is 0 Å². The molecule has 2 heterocycles. The number of nitrogens with one attached hydrogen (secondary N) is 1. The molecule has 0 amide bonds. The molecule has 9 heteroatoms. The Hall–Kier alpha value is -1.71. The molecule has 1 aromatic rings. The zero-order chi connectivity index (χ0) is 15.1. The first-order chi connectivity index (χ1) is 10.3. The van der Waals surface area contributed by atoms with Gasteiger partial charge in [-0.1, -0.05) is 0 Å². The van der Waals surface area contributed by atoms with Crippen molar-refractivity contribution in [2.45, 2.75) is 12.8 Å². The number of anilines is 3. The Morgan fingerprint density at radius 3 is 2.67 bits per heavy atom. The fourth-order valence-corrected chi connectivity index (χ4v) is 2.25. The second kappa shape index (κ2) is 7.91. The molecule has 1 saturated heterocycles. The number of hydrogen-bond acceptors (Lipinski definition) is 9. The van der Waals surface area contributed by atoms with Crippen LogP contribution in [0.5, 0.6) is 0 Å². The van der Waals surface area contributed by atoms with Gasteiger partial charge in [0.2, 0.25) is 17.8 Å². The van der Waals surface area contributed by atoms with Crippen molar-refractivity contribution in [3.63, 3.8) is 0 Å². The van der Waals surface area contributed by atoms with Gasteiger partial charge in [0.25, 0.3) is 0 Å². The highest BCUT2D eigenvalue weighted by Gasteiger charge is 2.19. The largest absolute Gasteiger partial charge is 0.395 e. The Kier molecular flexibility index (Phi) is 5.90. The van der Waals surface area contributed by atoms with Gasteiger partial charge in [0.15, 0.2) is 0 Å². The molecule has 0 saturated carbocycles. The van der Waals surface area contributed by atoms with E-state index in [0.29, 0.717) is 37.5 Å². The van der Waals surface area contributed by atoms with E-state index in [-0.39, 0.29) is 6.61 Å². The van der Waals surface area contributed by atoms with Crippen molar-refractivity contribution in [3.8, 4) is 0 Å². The number of aliphatic hydroxyl groups is 1. The van der Waals surface area contributed by atoms with E-state index in [1.807, 2.05) is 4.90 Å². The van der Waals surface area contributed by atoms with E-state index >= 15 is 0 Å². The number of aromatic nitrogens is 3. The zero-order valence-corrected chi connectivity index (χ0v) is 12.3. The summed E-state index contributed by atoms with van der Waals surface area (Å²) in [5, 5.41) is 9.20. The van der Waals surface area contributed by atoms with Crippen LogP contribution in [0.15, 0.2) is 0 Å². The Bertz CT molecular complexity index is 440. The normalized spacial score (nSPS) is 14.5. The molecule has 0 atom stereocenters. The van der Waals surface area contributed by atoms with Crippen molar-refractivity contribution in [2.24, 2.45) is 5.84 Å². The predicted octanol–water partition coefficient (Wildman–Crippen LogP) is -0.797. The Balaban J connectivity index is 2.24. The maximum Gasteiger partial charge on any atom is 0.243 e. The van der Waals surface area contributed by atoms with Gasteiger partial charge in [0.05, 0.1) is 13.2 Å². The molecule has 0 unspecified atom stereocenters. The lowest BCUT2D eigenvalue weighted by Crippen LogP contribution is -2.33. The minimum Gasteiger partial charge on any atom is -0.395 e. The second-order valence-electron chi connectivity index (χ2n) is 4.80. The maximum absolute atomic E-state index is 9.20. The van der Waals surface area contributed by atoms with Crippen LogP contribution in [-0.4, -0.2) is 66.6 Å². The van der Waals surface area contributed by atoms with Crippen molar-refractivity contribution in [2.75, 3.05) is 61.7 Å². The van der Waals surface area contributed by atoms with Gasteiger partial charge in [-0.25, -0.2) is 5.84 Å². The average molecular weight is 297 g/mol. The zero-order valence-electron chi connectivity index (χ0n) is 12.3. The number of hydrazine groups is 1. The molecule has 0 aliphatic carbocycles. The smallest absolute Gasteiger partial charge is 0.243 e. The molecule has 9 nitrogen and oxygen atoms in total. The summed E-state index contributed by atoms with van der Waals surface area (Å²) >= 11 is 0. The van der Waals surface area contributed by atoms with Gasteiger partial charge >= 0.3 is 0 Å². The third kappa shape index (κ3) is 4.13.